The fraction of sp³-hybridized carbons (Fsp3) is 0.160. The van der Waals surface area contributed by atoms with E-state index in [1.54, 1.807) is 12.1 Å². The Hall–Kier alpha value is -2.46. The number of hydrogen-bond acceptors (Lipinski definition) is 3. The summed E-state index contributed by atoms with van der Waals surface area (Å²) in [5.74, 6) is 0.188. The number of benzene rings is 3. The molecule has 0 saturated carbocycles. The minimum atomic E-state index is -0.366. The van der Waals surface area contributed by atoms with Crippen molar-refractivity contribution in [3.63, 3.8) is 0 Å². The van der Waals surface area contributed by atoms with E-state index in [-0.39, 0.29) is 17.7 Å². The van der Waals surface area contributed by atoms with Crippen LogP contribution < -0.4 is 10.6 Å². The molecular formula is C25H19Cl3N2O. The van der Waals surface area contributed by atoms with E-state index in [2.05, 4.69) is 10.6 Å². The molecule has 3 aromatic carbocycles. The molecule has 1 aliphatic carbocycles. The van der Waals surface area contributed by atoms with Crippen molar-refractivity contribution in [3.8, 4) is 0 Å². The second kappa shape index (κ2) is 8.23. The Morgan fingerprint density at radius 1 is 0.806 bits per heavy atom. The molecule has 5 rings (SSSR count). The summed E-state index contributed by atoms with van der Waals surface area (Å²) in [4.78, 5) is 13.5. The monoisotopic (exact) mass is 468 g/mol. The summed E-state index contributed by atoms with van der Waals surface area (Å²) >= 11 is 18.8. The second-order valence-corrected chi connectivity index (χ2v) is 9.17. The molecule has 0 spiro atoms. The third-order valence-corrected chi connectivity index (χ3v) is 6.74. The van der Waals surface area contributed by atoms with Crippen LogP contribution in [0.15, 0.2) is 78.0 Å². The van der Waals surface area contributed by atoms with Gasteiger partial charge in [-0.15, -0.1) is 0 Å². The lowest BCUT2D eigenvalue weighted by atomic mass is 9.78. The molecule has 0 aromatic heterocycles. The van der Waals surface area contributed by atoms with Crippen LogP contribution in [0.2, 0.25) is 15.1 Å². The molecule has 0 saturated heterocycles. The number of fused-ring (bicyclic) bond motifs is 1. The molecular weight excluding hydrogens is 451 g/mol. The maximum atomic E-state index is 13.5. The molecule has 3 aromatic rings. The highest BCUT2D eigenvalue weighted by molar-refractivity contribution is 6.35. The number of Topliss-reactive ketones (excluding diaryl/α,β-unsaturated/α-hetero) is 1. The molecule has 156 valence electrons. The van der Waals surface area contributed by atoms with Crippen LogP contribution in [-0.2, 0) is 4.79 Å². The number of carbonyl (C=O) groups is 1. The molecule has 3 nitrogen and oxygen atoms in total. The van der Waals surface area contributed by atoms with Crippen LogP contribution in [0.25, 0.3) is 0 Å². The van der Waals surface area contributed by atoms with E-state index in [0.29, 0.717) is 21.5 Å². The van der Waals surface area contributed by atoms with Crippen molar-refractivity contribution in [2.75, 3.05) is 10.6 Å². The van der Waals surface area contributed by atoms with E-state index < -0.39 is 0 Å². The Morgan fingerprint density at radius 2 is 1.52 bits per heavy atom. The van der Waals surface area contributed by atoms with Gasteiger partial charge in [-0.3, -0.25) is 4.79 Å². The van der Waals surface area contributed by atoms with Gasteiger partial charge in [0.1, 0.15) is 0 Å². The molecule has 1 heterocycles. The van der Waals surface area contributed by atoms with Gasteiger partial charge in [-0.05, 0) is 59.9 Å². The second-order valence-electron chi connectivity index (χ2n) is 7.89. The Kier molecular flexibility index (Phi) is 5.43. The molecule has 0 amide bonds. The SMILES string of the molecule is O=C1C[C@H](c2ccc(Cl)cc2)CC2=C1[C@H](c1ccc(Cl)cc1Cl)Nc1ccccc1N2. The summed E-state index contributed by atoms with van der Waals surface area (Å²) < 4.78 is 0. The Labute approximate surface area is 196 Å². The Bertz CT molecular complexity index is 1200. The van der Waals surface area contributed by atoms with Crippen LogP contribution in [0, 0.1) is 0 Å². The molecule has 31 heavy (non-hydrogen) atoms. The predicted molar refractivity (Wildman–Crippen MR) is 128 cm³/mol. The number of para-hydroxylation sites is 2. The number of ketones is 1. The number of allylic oxidation sites excluding steroid dienone is 1. The largest absolute Gasteiger partial charge is 0.372 e. The zero-order chi connectivity index (χ0) is 21.5. The third-order valence-electron chi connectivity index (χ3n) is 5.92. The number of nitrogens with one attached hydrogen (secondary N) is 2. The molecule has 1 aliphatic heterocycles. The highest BCUT2D eigenvalue weighted by atomic mass is 35.5. The van der Waals surface area contributed by atoms with Crippen LogP contribution in [0.1, 0.15) is 35.9 Å². The van der Waals surface area contributed by atoms with Crippen molar-refractivity contribution in [2.45, 2.75) is 24.8 Å². The zero-order valence-corrected chi connectivity index (χ0v) is 18.7. The summed E-state index contributed by atoms with van der Waals surface area (Å²) in [5, 5.41) is 8.86. The lowest BCUT2D eigenvalue weighted by Gasteiger charge is -2.30. The Morgan fingerprint density at radius 3 is 2.26 bits per heavy atom. The highest BCUT2D eigenvalue weighted by Gasteiger charge is 2.36. The summed E-state index contributed by atoms with van der Waals surface area (Å²) in [6.45, 7) is 0. The first kappa shape index (κ1) is 20.4. The van der Waals surface area contributed by atoms with Crippen LogP contribution in [-0.4, -0.2) is 5.78 Å². The number of halogens is 3. The van der Waals surface area contributed by atoms with Gasteiger partial charge in [0.15, 0.2) is 5.78 Å². The van der Waals surface area contributed by atoms with Crippen molar-refractivity contribution >= 4 is 52.0 Å². The molecule has 0 unspecified atom stereocenters. The Balaban J connectivity index is 1.62. The van der Waals surface area contributed by atoms with Crippen LogP contribution in [0.4, 0.5) is 11.4 Å². The minimum absolute atomic E-state index is 0.0858. The van der Waals surface area contributed by atoms with Crippen molar-refractivity contribution < 1.29 is 4.79 Å². The summed E-state index contributed by atoms with van der Waals surface area (Å²) in [5.41, 5.74) is 5.44. The van der Waals surface area contributed by atoms with E-state index >= 15 is 0 Å². The lowest BCUT2D eigenvalue weighted by molar-refractivity contribution is -0.116. The summed E-state index contributed by atoms with van der Waals surface area (Å²) in [7, 11) is 0. The molecule has 0 fully saturated rings. The maximum Gasteiger partial charge on any atom is 0.163 e. The average Bonchev–Trinajstić information content (AvgIpc) is 2.91. The maximum absolute atomic E-state index is 13.5. The minimum Gasteiger partial charge on any atom is -0.372 e. The zero-order valence-electron chi connectivity index (χ0n) is 16.5. The topological polar surface area (TPSA) is 41.1 Å². The van der Waals surface area contributed by atoms with E-state index in [1.807, 2.05) is 54.6 Å². The fourth-order valence-corrected chi connectivity index (χ4v) is 5.08. The van der Waals surface area contributed by atoms with Gasteiger partial charge in [-0.1, -0.05) is 65.1 Å². The van der Waals surface area contributed by atoms with Gasteiger partial charge in [0, 0.05) is 32.8 Å². The highest BCUT2D eigenvalue weighted by Crippen LogP contribution is 2.45. The van der Waals surface area contributed by atoms with E-state index in [1.165, 1.54) is 0 Å². The third kappa shape index (κ3) is 3.94. The number of rotatable bonds is 2. The van der Waals surface area contributed by atoms with Crippen molar-refractivity contribution in [2.24, 2.45) is 0 Å². The molecule has 2 atom stereocenters. The quantitative estimate of drug-likeness (QED) is 0.405. The van der Waals surface area contributed by atoms with Crippen molar-refractivity contribution in [3.05, 3.63) is 104 Å². The van der Waals surface area contributed by atoms with Gasteiger partial charge in [-0.25, -0.2) is 0 Å². The van der Waals surface area contributed by atoms with Gasteiger partial charge < -0.3 is 10.6 Å². The predicted octanol–water partition coefficient (Wildman–Crippen LogP) is 7.63. The van der Waals surface area contributed by atoms with Gasteiger partial charge >= 0.3 is 0 Å². The first-order chi connectivity index (χ1) is 15.0. The molecule has 0 bridgehead atoms. The van der Waals surface area contributed by atoms with Crippen LogP contribution >= 0.6 is 34.8 Å². The molecule has 2 N–H and O–H groups in total. The molecule has 6 heteroatoms. The van der Waals surface area contributed by atoms with Crippen LogP contribution in [0.5, 0.6) is 0 Å². The van der Waals surface area contributed by atoms with E-state index in [4.69, 9.17) is 34.8 Å². The van der Waals surface area contributed by atoms with Gasteiger partial charge in [-0.2, -0.15) is 0 Å². The standard InChI is InChI=1S/C25H19Cl3N2O/c26-16-7-5-14(6-8-16)15-11-22-24(23(31)12-15)25(18-10-9-17(27)13-19(18)28)30-21-4-2-1-3-20(21)29-22/h1-10,13,15,25,29-30H,11-12H2/t15-,25+/m1/s1. The van der Waals surface area contributed by atoms with E-state index in [9.17, 15) is 4.79 Å². The average molecular weight is 470 g/mol. The number of hydrogen-bond donors (Lipinski definition) is 2. The van der Waals surface area contributed by atoms with Crippen molar-refractivity contribution in [1.82, 2.24) is 0 Å². The first-order valence-corrected chi connectivity index (χ1v) is 11.2. The van der Waals surface area contributed by atoms with Gasteiger partial charge in [0.05, 0.1) is 17.4 Å². The first-order valence-electron chi connectivity index (χ1n) is 10.1. The normalized spacial score (nSPS) is 20.3. The van der Waals surface area contributed by atoms with E-state index in [0.717, 1.165) is 40.2 Å². The number of carbonyl (C=O) groups excluding carboxylic acids is 1. The molecule has 0 radical (unpaired) electrons. The molecule has 2 aliphatic rings. The fourth-order valence-electron chi connectivity index (χ4n) is 4.43. The van der Waals surface area contributed by atoms with Gasteiger partial charge in [0.25, 0.3) is 0 Å². The smallest absolute Gasteiger partial charge is 0.163 e. The lowest BCUT2D eigenvalue weighted by Crippen LogP contribution is -2.27. The van der Waals surface area contributed by atoms with Crippen molar-refractivity contribution in [1.29, 1.82) is 0 Å². The van der Waals surface area contributed by atoms with Gasteiger partial charge in [0.2, 0.25) is 0 Å². The summed E-state index contributed by atoms with van der Waals surface area (Å²) in [6, 6.07) is 20.7. The summed E-state index contributed by atoms with van der Waals surface area (Å²) in [6.07, 6.45) is 1.16. The van der Waals surface area contributed by atoms with Crippen LogP contribution in [0.3, 0.4) is 0 Å². The number of anilines is 2.